The van der Waals surface area contributed by atoms with Crippen LogP contribution >= 0.6 is 40.1 Å². The normalized spacial score (nSPS) is 10.6. The van der Waals surface area contributed by atoms with Gasteiger partial charge in [-0.25, -0.2) is 9.07 Å². The number of aromatic nitrogens is 4. The van der Waals surface area contributed by atoms with E-state index in [1.54, 1.807) is 34.6 Å². The Bertz CT molecular complexity index is 978. The van der Waals surface area contributed by atoms with Crippen LogP contribution in [0.1, 0.15) is 18.1 Å². The molecule has 0 saturated heterocycles. The van der Waals surface area contributed by atoms with Crippen molar-refractivity contribution in [3.8, 4) is 11.5 Å². The summed E-state index contributed by atoms with van der Waals surface area (Å²) < 4.78 is 27.9. The maximum Gasteiger partial charge on any atom is 0.209 e. The highest BCUT2D eigenvalue weighted by atomic mass is 79.9. The van der Waals surface area contributed by atoms with Crippen molar-refractivity contribution in [1.82, 2.24) is 25.5 Å². The van der Waals surface area contributed by atoms with Crippen molar-refractivity contribution in [2.24, 2.45) is 7.05 Å². The highest BCUT2D eigenvalue weighted by molar-refractivity contribution is 9.10. The van der Waals surface area contributed by atoms with Gasteiger partial charge < -0.3 is 14.8 Å². The summed E-state index contributed by atoms with van der Waals surface area (Å²) >= 11 is 5.15. The van der Waals surface area contributed by atoms with Crippen LogP contribution in [0.4, 0.5) is 4.39 Å². The van der Waals surface area contributed by atoms with Gasteiger partial charge in [-0.15, -0.1) is 17.5 Å². The lowest BCUT2D eigenvalue weighted by atomic mass is 10.2. The van der Waals surface area contributed by atoms with Crippen LogP contribution in [0.3, 0.4) is 0 Å². The predicted octanol–water partition coefficient (Wildman–Crippen LogP) is 4.39. The molecule has 1 N–H and O–H groups in total. The Morgan fingerprint density at radius 2 is 2.03 bits per heavy atom. The van der Waals surface area contributed by atoms with Gasteiger partial charge in [0.2, 0.25) is 5.16 Å². The highest BCUT2D eigenvalue weighted by Gasteiger charge is 2.13. The fourth-order valence-corrected chi connectivity index (χ4v) is 4.03. The molecule has 1 aromatic heterocycles. The number of hydrogen-bond acceptors (Lipinski definition) is 7. The summed E-state index contributed by atoms with van der Waals surface area (Å²) in [6.45, 7) is 4.01. The van der Waals surface area contributed by atoms with Crippen LogP contribution in [0.2, 0.25) is 0 Å². The number of nitrogens with one attached hydrogen (secondary N) is 1. The van der Waals surface area contributed by atoms with Gasteiger partial charge in [-0.3, -0.25) is 0 Å². The molecule has 0 atom stereocenters. The van der Waals surface area contributed by atoms with E-state index < -0.39 is 0 Å². The molecule has 0 aliphatic rings. The molecular weight excluding hydrogens is 509 g/mol. The van der Waals surface area contributed by atoms with E-state index in [1.807, 2.05) is 26.1 Å². The van der Waals surface area contributed by atoms with E-state index in [0.717, 1.165) is 27.5 Å². The van der Waals surface area contributed by atoms with E-state index in [0.29, 0.717) is 30.2 Å². The minimum absolute atomic E-state index is 0. The van der Waals surface area contributed by atoms with Crippen LogP contribution in [0.5, 0.6) is 11.5 Å². The molecule has 0 fully saturated rings. The molecule has 7 nitrogen and oxygen atoms in total. The SMILES string of the molecule is CCOc1cc(CNCCSc2nnnn2C)cc(Br)c1OCc1ccccc1F.Cl. The molecule has 0 amide bonds. The molecule has 3 aromatic rings. The summed E-state index contributed by atoms with van der Waals surface area (Å²) in [5.74, 6) is 1.74. The summed E-state index contributed by atoms with van der Waals surface area (Å²) in [5, 5.41) is 15.6. The minimum Gasteiger partial charge on any atom is -0.490 e. The second-order valence-corrected chi connectivity index (χ2v) is 8.24. The zero-order chi connectivity index (χ0) is 21.3. The molecule has 1 heterocycles. The molecule has 0 saturated carbocycles. The number of thioether (sulfide) groups is 1. The summed E-state index contributed by atoms with van der Waals surface area (Å²) in [6.07, 6.45) is 0. The van der Waals surface area contributed by atoms with Crippen LogP contribution in [0, 0.1) is 5.82 Å². The molecule has 0 spiro atoms. The number of rotatable bonds is 11. The summed E-state index contributed by atoms with van der Waals surface area (Å²) in [7, 11) is 1.82. The Balaban J connectivity index is 0.00000341. The summed E-state index contributed by atoms with van der Waals surface area (Å²) in [6, 6.07) is 10.5. The number of tetrazole rings is 1. The smallest absolute Gasteiger partial charge is 0.209 e. The van der Waals surface area contributed by atoms with Crippen molar-refractivity contribution in [1.29, 1.82) is 0 Å². The monoisotopic (exact) mass is 531 g/mol. The van der Waals surface area contributed by atoms with E-state index in [9.17, 15) is 4.39 Å². The predicted molar refractivity (Wildman–Crippen MR) is 125 cm³/mol. The summed E-state index contributed by atoms with van der Waals surface area (Å²) in [4.78, 5) is 0. The maximum absolute atomic E-state index is 13.9. The zero-order valence-electron chi connectivity index (χ0n) is 17.2. The topological polar surface area (TPSA) is 74.1 Å². The maximum atomic E-state index is 13.9. The van der Waals surface area contributed by atoms with Gasteiger partial charge in [0.25, 0.3) is 0 Å². The van der Waals surface area contributed by atoms with Crippen LogP contribution < -0.4 is 14.8 Å². The van der Waals surface area contributed by atoms with E-state index in [4.69, 9.17) is 9.47 Å². The molecule has 31 heavy (non-hydrogen) atoms. The first-order valence-corrected chi connectivity index (χ1v) is 11.2. The summed E-state index contributed by atoms with van der Waals surface area (Å²) in [5.41, 5.74) is 1.54. The quantitative estimate of drug-likeness (QED) is 0.290. The van der Waals surface area contributed by atoms with E-state index in [2.05, 4.69) is 36.8 Å². The number of ether oxygens (including phenoxy) is 2. The van der Waals surface area contributed by atoms with Crippen molar-refractivity contribution < 1.29 is 13.9 Å². The third-order valence-electron chi connectivity index (χ3n) is 4.12. The molecule has 0 radical (unpaired) electrons. The third kappa shape index (κ3) is 7.34. The molecule has 0 unspecified atom stereocenters. The lowest BCUT2D eigenvalue weighted by Crippen LogP contribution is -2.17. The minimum atomic E-state index is -0.289. The first kappa shape index (κ1) is 25.4. The van der Waals surface area contributed by atoms with Crippen LogP contribution in [-0.4, -0.2) is 39.1 Å². The van der Waals surface area contributed by atoms with Crippen molar-refractivity contribution in [3.63, 3.8) is 0 Å². The Kier molecular flexibility index (Phi) is 10.5. The Labute approximate surface area is 199 Å². The van der Waals surface area contributed by atoms with Gasteiger partial charge in [0.05, 0.1) is 11.1 Å². The molecule has 11 heteroatoms. The molecule has 2 aromatic carbocycles. The van der Waals surface area contributed by atoms with E-state index in [-0.39, 0.29) is 24.8 Å². The average molecular weight is 533 g/mol. The highest BCUT2D eigenvalue weighted by Crippen LogP contribution is 2.37. The van der Waals surface area contributed by atoms with Gasteiger partial charge in [-0.2, -0.15) is 0 Å². The lowest BCUT2D eigenvalue weighted by molar-refractivity contribution is 0.264. The lowest BCUT2D eigenvalue weighted by Gasteiger charge is -2.16. The molecule has 0 bridgehead atoms. The fraction of sp³-hybridized carbons (Fsp3) is 0.350. The standard InChI is InChI=1S/C20H23BrFN5O2S.ClH/c1-3-28-18-11-14(12-23-8-9-30-20-24-25-26-27(20)2)10-16(21)19(18)29-13-15-6-4-5-7-17(15)22;/h4-7,10-11,23H,3,8-9,12-13H2,1-2H3;1H. The second-order valence-electron chi connectivity index (χ2n) is 6.33. The van der Waals surface area contributed by atoms with Crippen LogP contribution in [0.25, 0.3) is 0 Å². The molecule has 0 aliphatic carbocycles. The fourth-order valence-electron chi connectivity index (χ4n) is 2.68. The van der Waals surface area contributed by atoms with Crippen molar-refractivity contribution in [2.45, 2.75) is 25.2 Å². The van der Waals surface area contributed by atoms with Crippen LogP contribution in [0.15, 0.2) is 46.0 Å². The van der Waals surface area contributed by atoms with E-state index >= 15 is 0 Å². The molecule has 168 valence electrons. The first-order chi connectivity index (χ1) is 14.6. The second kappa shape index (κ2) is 12.8. The van der Waals surface area contributed by atoms with Gasteiger partial charge in [0, 0.05) is 31.5 Å². The van der Waals surface area contributed by atoms with Gasteiger partial charge >= 0.3 is 0 Å². The Morgan fingerprint density at radius 1 is 1.23 bits per heavy atom. The molecule has 3 rings (SSSR count). The van der Waals surface area contributed by atoms with Gasteiger partial charge in [0.1, 0.15) is 12.4 Å². The Hall–Kier alpha value is -1.88. The molecular formula is C20H24BrClFN5O2S. The third-order valence-corrected chi connectivity index (χ3v) is 5.72. The zero-order valence-corrected chi connectivity index (χ0v) is 20.4. The number of nitrogens with zero attached hydrogens (tertiary/aromatic N) is 4. The van der Waals surface area contributed by atoms with Crippen molar-refractivity contribution >= 4 is 40.1 Å². The van der Waals surface area contributed by atoms with Crippen molar-refractivity contribution in [2.75, 3.05) is 18.9 Å². The first-order valence-electron chi connectivity index (χ1n) is 9.45. The number of hydrogen-bond donors (Lipinski definition) is 1. The number of halogens is 3. The van der Waals surface area contributed by atoms with Gasteiger partial charge in [0.15, 0.2) is 11.5 Å². The number of aryl methyl sites for hydroxylation is 1. The van der Waals surface area contributed by atoms with E-state index in [1.165, 1.54) is 6.07 Å². The Morgan fingerprint density at radius 3 is 2.74 bits per heavy atom. The van der Waals surface area contributed by atoms with Gasteiger partial charge in [-0.1, -0.05) is 30.0 Å². The van der Waals surface area contributed by atoms with Crippen LogP contribution in [-0.2, 0) is 20.2 Å². The van der Waals surface area contributed by atoms with Crippen molar-refractivity contribution in [3.05, 3.63) is 57.8 Å². The molecule has 0 aliphatic heterocycles. The number of benzene rings is 2. The largest absolute Gasteiger partial charge is 0.490 e. The van der Waals surface area contributed by atoms with Gasteiger partial charge in [-0.05, 0) is 57.0 Å². The average Bonchev–Trinajstić information content (AvgIpc) is 3.13.